The molecule has 1 aromatic rings. The van der Waals surface area contributed by atoms with Crippen molar-refractivity contribution >= 4 is 15.6 Å². The SMILES string of the molecule is O=C(OP)OC1C[N+]2(CCCOc3ccccc3)CCC1CC2. The van der Waals surface area contributed by atoms with Crippen LogP contribution in [0.3, 0.4) is 0 Å². The van der Waals surface area contributed by atoms with Gasteiger partial charge < -0.3 is 18.5 Å². The van der Waals surface area contributed by atoms with Crippen LogP contribution in [0.5, 0.6) is 5.75 Å². The van der Waals surface area contributed by atoms with Crippen LogP contribution in [0, 0.1) is 5.92 Å². The first-order chi connectivity index (χ1) is 11.2. The quantitative estimate of drug-likeness (QED) is 0.346. The fourth-order valence-electron chi connectivity index (χ4n) is 3.93. The molecule has 6 heteroatoms. The number of quaternary nitrogens is 1. The van der Waals surface area contributed by atoms with E-state index in [9.17, 15) is 4.79 Å². The molecule has 0 amide bonds. The third-order valence-electron chi connectivity index (χ3n) is 5.17. The maximum Gasteiger partial charge on any atom is 0.510 e. The highest BCUT2D eigenvalue weighted by Crippen LogP contribution is 2.36. The van der Waals surface area contributed by atoms with Crippen LogP contribution in [0.25, 0.3) is 0 Å². The number of benzene rings is 1. The highest BCUT2D eigenvalue weighted by atomic mass is 31.0. The number of nitrogens with zero attached hydrogens (tertiary/aromatic N) is 1. The van der Waals surface area contributed by atoms with E-state index in [0.29, 0.717) is 5.92 Å². The molecule has 0 N–H and O–H groups in total. The summed E-state index contributed by atoms with van der Waals surface area (Å²) in [6.45, 7) is 5.09. The second kappa shape index (κ2) is 7.50. The van der Waals surface area contributed by atoms with Crippen LogP contribution >= 0.6 is 9.47 Å². The molecule has 0 aliphatic carbocycles. The Bertz CT molecular complexity index is 517. The maximum atomic E-state index is 11.4. The van der Waals surface area contributed by atoms with Crippen LogP contribution in [-0.4, -0.2) is 49.5 Å². The molecule has 2 unspecified atom stereocenters. The van der Waals surface area contributed by atoms with Gasteiger partial charge in [-0.3, -0.25) is 0 Å². The molecule has 5 nitrogen and oxygen atoms in total. The lowest BCUT2D eigenvalue weighted by Gasteiger charge is -2.51. The molecular weight excluding hydrogens is 313 g/mol. The van der Waals surface area contributed by atoms with Crippen LogP contribution in [0.1, 0.15) is 19.3 Å². The topological polar surface area (TPSA) is 44.8 Å². The third kappa shape index (κ3) is 4.15. The molecule has 0 spiro atoms. The number of ether oxygens (including phenoxy) is 2. The van der Waals surface area contributed by atoms with E-state index in [2.05, 4.69) is 4.52 Å². The van der Waals surface area contributed by atoms with E-state index in [0.717, 1.165) is 49.2 Å². The highest BCUT2D eigenvalue weighted by Gasteiger charge is 2.47. The van der Waals surface area contributed by atoms with Crippen LogP contribution in [-0.2, 0) is 9.26 Å². The molecule has 3 heterocycles. The van der Waals surface area contributed by atoms with Gasteiger partial charge in [0.15, 0.2) is 6.10 Å². The number of fused-ring (bicyclic) bond motifs is 3. The van der Waals surface area contributed by atoms with Crippen molar-refractivity contribution in [2.24, 2.45) is 5.92 Å². The van der Waals surface area contributed by atoms with Crippen molar-refractivity contribution in [3.63, 3.8) is 0 Å². The standard InChI is InChI=1S/C17H25NO4P/c19-17(22-23)21-16-13-18(10-7-14(16)8-11-18)9-4-12-20-15-5-2-1-3-6-15/h1-3,5-6,14,16H,4,7-13,23H2/q+1. The predicted octanol–water partition coefficient (Wildman–Crippen LogP) is 3.01. The average molecular weight is 338 g/mol. The Kier molecular flexibility index (Phi) is 5.39. The monoisotopic (exact) mass is 338 g/mol. The van der Waals surface area contributed by atoms with Crippen LogP contribution < -0.4 is 4.74 Å². The van der Waals surface area contributed by atoms with Gasteiger partial charge in [-0.1, -0.05) is 18.2 Å². The molecule has 126 valence electrons. The first-order valence-corrected chi connectivity index (χ1v) is 8.78. The molecule has 3 fully saturated rings. The van der Waals surface area contributed by atoms with Gasteiger partial charge in [0.25, 0.3) is 0 Å². The summed E-state index contributed by atoms with van der Waals surface area (Å²) in [5.74, 6) is 1.42. The third-order valence-corrected chi connectivity index (χ3v) is 5.37. The Morgan fingerprint density at radius 1 is 1.22 bits per heavy atom. The predicted molar refractivity (Wildman–Crippen MR) is 90.1 cm³/mol. The number of hydrogen-bond acceptors (Lipinski definition) is 4. The first kappa shape index (κ1) is 16.5. The first-order valence-electron chi connectivity index (χ1n) is 8.31. The number of carbonyl (C=O) groups is 1. The largest absolute Gasteiger partial charge is 0.510 e. The van der Waals surface area contributed by atoms with E-state index in [-0.39, 0.29) is 6.10 Å². The molecule has 3 aliphatic rings. The summed E-state index contributed by atoms with van der Waals surface area (Å²) in [5.41, 5.74) is 0. The van der Waals surface area contributed by atoms with Gasteiger partial charge in [0.1, 0.15) is 12.3 Å². The summed E-state index contributed by atoms with van der Waals surface area (Å²) in [6, 6.07) is 9.93. The van der Waals surface area contributed by atoms with Crippen LogP contribution in [0.15, 0.2) is 30.3 Å². The number of para-hydroxylation sites is 1. The summed E-state index contributed by atoms with van der Waals surface area (Å²) in [4.78, 5) is 11.4. The molecule has 2 bridgehead atoms. The van der Waals surface area contributed by atoms with Gasteiger partial charge in [-0.05, 0) is 12.1 Å². The van der Waals surface area contributed by atoms with E-state index in [4.69, 9.17) is 9.47 Å². The minimum atomic E-state index is -0.584. The van der Waals surface area contributed by atoms with Gasteiger partial charge >= 0.3 is 6.16 Å². The number of piperidine rings is 3. The van der Waals surface area contributed by atoms with Crippen molar-refractivity contribution in [3.8, 4) is 5.75 Å². The van der Waals surface area contributed by atoms with E-state index in [1.165, 1.54) is 13.1 Å². The Hall–Kier alpha value is -1.32. The molecule has 3 aliphatic heterocycles. The second-order valence-corrected chi connectivity index (χ2v) is 6.81. The van der Waals surface area contributed by atoms with Gasteiger partial charge in [0.05, 0.1) is 35.7 Å². The second-order valence-electron chi connectivity index (χ2n) is 6.57. The zero-order valence-corrected chi connectivity index (χ0v) is 14.5. The van der Waals surface area contributed by atoms with Crippen LogP contribution in [0.2, 0.25) is 0 Å². The molecule has 0 saturated carbocycles. The van der Waals surface area contributed by atoms with Crippen molar-refractivity contribution in [2.75, 3.05) is 32.8 Å². The molecule has 0 radical (unpaired) electrons. The molecular formula is C17H25NO4P+. The molecule has 4 rings (SSSR count). The molecule has 3 saturated heterocycles. The summed E-state index contributed by atoms with van der Waals surface area (Å²) >= 11 is 0. The summed E-state index contributed by atoms with van der Waals surface area (Å²) < 4.78 is 16.9. The highest BCUT2D eigenvalue weighted by molar-refractivity contribution is 7.10. The lowest BCUT2D eigenvalue weighted by molar-refractivity contribution is -0.946. The fraction of sp³-hybridized carbons (Fsp3) is 0.588. The van der Waals surface area contributed by atoms with Gasteiger partial charge in [0, 0.05) is 25.2 Å². The van der Waals surface area contributed by atoms with E-state index in [1.807, 2.05) is 39.8 Å². The zero-order valence-electron chi connectivity index (χ0n) is 13.4. The lowest BCUT2D eigenvalue weighted by Crippen LogP contribution is -2.64. The van der Waals surface area contributed by atoms with E-state index in [1.54, 1.807) is 0 Å². The fourth-order valence-corrected chi connectivity index (χ4v) is 3.98. The van der Waals surface area contributed by atoms with Gasteiger partial charge in [-0.25, -0.2) is 4.79 Å². The minimum absolute atomic E-state index is 0.000548. The average Bonchev–Trinajstić information content (AvgIpc) is 2.60. The maximum absolute atomic E-state index is 11.4. The molecule has 0 aromatic heterocycles. The smallest absolute Gasteiger partial charge is 0.493 e. The number of rotatable bonds is 6. The Balaban J connectivity index is 1.47. The van der Waals surface area contributed by atoms with Crippen molar-refractivity contribution in [2.45, 2.75) is 25.4 Å². The summed E-state index contributed by atoms with van der Waals surface area (Å²) in [5, 5.41) is 0. The Morgan fingerprint density at radius 3 is 2.65 bits per heavy atom. The van der Waals surface area contributed by atoms with Crippen molar-refractivity contribution < 1.29 is 23.3 Å². The summed E-state index contributed by atoms with van der Waals surface area (Å²) in [7, 11) is 1.95. The number of hydrogen-bond donors (Lipinski definition) is 0. The van der Waals surface area contributed by atoms with Crippen LogP contribution in [0.4, 0.5) is 4.79 Å². The van der Waals surface area contributed by atoms with Crippen molar-refractivity contribution in [1.29, 1.82) is 0 Å². The lowest BCUT2D eigenvalue weighted by atomic mass is 9.83. The van der Waals surface area contributed by atoms with Gasteiger partial charge in [-0.15, -0.1) is 0 Å². The minimum Gasteiger partial charge on any atom is -0.493 e. The number of carbonyl (C=O) groups excluding carboxylic acids is 1. The van der Waals surface area contributed by atoms with Gasteiger partial charge in [-0.2, -0.15) is 0 Å². The Morgan fingerprint density at radius 2 is 1.96 bits per heavy atom. The Labute approximate surface area is 139 Å². The van der Waals surface area contributed by atoms with E-state index < -0.39 is 6.16 Å². The van der Waals surface area contributed by atoms with Crippen molar-refractivity contribution in [1.82, 2.24) is 0 Å². The van der Waals surface area contributed by atoms with Crippen molar-refractivity contribution in [3.05, 3.63) is 30.3 Å². The van der Waals surface area contributed by atoms with E-state index >= 15 is 0 Å². The normalized spacial score (nSPS) is 29.1. The summed E-state index contributed by atoms with van der Waals surface area (Å²) in [6.07, 6.45) is 2.70. The molecule has 23 heavy (non-hydrogen) atoms. The molecule has 2 atom stereocenters. The van der Waals surface area contributed by atoms with Gasteiger partial charge in [0.2, 0.25) is 0 Å². The zero-order chi connectivity index (χ0) is 16.1. The molecule has 1 aromatic carbocycles.